The van der Waals surface area contributed by atoms with Crippen molar-refractivity contribution in [1.29, 1.82) is 5.26 Å². The van der Waals surface area contributed by atoms with Gasteiger partial charge in [-0.15, -0.1) is 0 Å². The number of H-pyrrole nitrogens is 1. The Balaban J connectivity index is 2.30. The van der Waals surface area contributed by atoms with Crippen LogP contribution >= 0.6 is 7.82 Å². The van der Waals surface area contributed by atoms with Gasteiger partial charge in [-0.2, -0.15) is 9.65 Å². The predicted octanol–water partition coefficient (Wildman–Crippen LogP) is -0.634. The number of nitriles is 1. The molecule has 0 aromatic carbocycles. The summed E-state index contributed by atoms with van der Waals surface area (Å²) in [6.45, 7) is 0. The van der Waals surface area contributed by atoms with Crippen LogP contribution < -0.4 is 11.2 Å². The number of ether oxygens (including phenoxy) is 1. The molecular weight excluding hydrogens is 340 g/mol. The van der Waals surface area contributed by atoms with Crippen molar-refractivity contribution in [2.75, 3.05) is 0 Å². The molecule has 0 spiro atoms. The molecular formula is C10H9FN3O8P. The lowest BCUT2D eigenvalue weighted by molar-refractivity contribution is 0.0434. The summed E-state index contributed by atoms with van der Waals surface area (Å²) in [5, 5.41) is 18.6. The molecule has 1 aromatic rings. The van der Waals surface area contributed by atoms with E-state index in [1.807, 2.05) is 0 Å². The maximum Gasteiger partial charge on any atom is 0.471 e. The molecule has 0 bridgehead atoms. The summed E-state index contributed by atoms with van der Waals surface area (Å²) in [4.78, 5) is 41.6. The zero-order valence-corrected chi connectivity index (χ0v) is 11.9. The average Bonchev–Trinajstić information content (AvgIpc) is 2.81. The van der Waals surface area contributed by atoms with Crippen molar-refractivity contribution in [1.82, 2.24) is 9.55 Å². The zero-order chi connectivity index (χ0) is 17.4. The zero-order valence-electron chi connectivity index (χ0n) is 11.0. The average molecular weight is 349 g/mol. The number of rotatable bonds is 4. The lowest BCUT2D eigenvalue weighted by atomic mass is 10.2. The number of halogens is 1. The highest BCUT2D eigenvalue weighted by molar-refractivity contribution is 7.46. The number of nitrogens with zero attached hydrogens (tertiary/aromatic N) is 2. The summed E-state index contributed by atoms with van der Waals surface area (Å²) >= 11 is 0. The molecule has 1 aliphatic heterocycles. The maximum atomic E-state index is 13.2. The molecule has 23 heavy (non-hydrogen) atoms. The Labute approximate surface area is 126 Å². The van der Waals surface area contributed by atoms with Gasteiger partial charge in [0.25, 0.3) is 5.56 Å². The number of nitrogens with one attached hydrogen (secondary N) is 1. The Bertz CT molecular complexity index is 862. The molecule has 1 aromatic heterocycles. The number of hydrogen-bond donors (Lipinski definition) is 4. The van der Waals surface area contributed by atoms with Gasteiger partial charge in [0.15, 0.2) is 12.0 Å². The first kappa shape index (κ1) is 16.9. The standard InChI is InChI=1S/C10H9FN3O8P/c11-4-3-14(10(17)13-9(4)16)7-1-5(15)8(21-7)6(2-12)22-23(18,19)20/h3,6-7,15H,1H2,(H,13,16,17)(H2,18,19,20)/t6-,7+/m0/s1. The van der Waals surface area contributed by atoms with E-state index in [0.717, 1.165) is 0 Å². The van der Waals surface area contributed by atoms with E-state index in [0.29, 0.717) is 10.8 Å². The van der Waals surface area contributed by atoms with Gasteiger partial charge in [0, 0.05) is 0 Å². The number of phosphoric acid groups is 1. The Morgan fingerprint density at radius 1 is 1.57 bits per heavy atom. The fraction of sp³-hybridized carbons (Fsp3) is 0.300. The molecule has 0 aliphatic carbocycles. The number of aromatic amines is 1. The second-order valence-electron chi connectivity index (χ2n) is 4.34. The van der Waals surface area contributed by atoms with Crippen molar-refractivity contribution in [3.05, 3.63) is 44.4 Å². The number of phosphoric ester groups is 1. The Kier molecular flexibility index (Phi) is 4.39. The van der Waals surface area contributed by atoms with Crippen LogP contribution in [0.5, 0.6) is 0 Å². The van der Waals surface area contributed by atoms with Crippen LogP contribution in [-0.4, -0.2) is 30.5 Å². The van der Waals surface area contributed by atoms with E-state index in [1.54, 1.807) is 4.98 Å². The monoisotopic (exact) mass is 349 g/mol. The number of aliphatic hydroxyl groups excluding tert-OH is 1. The molecule has 0 saturated heterocycles. The minimum atomic E-state index is -5.06. The molecule has 0 saturated carbocycles. The van der Waals surface area contributed by atoms with Crippen molar-refractivity contribution in [2.24, 2.45) is 0 Å². The fourth-order valence-electron chi connectivity index (χ4n) is 1.83. The Hall–Kier alpha value is -2.45. The van der Waals surface area contributed by atoms with Crippen molar-refractivity contribution in [2.45, 2.75) is 18.8 Å². The molecule has 0 unspecified atom stereocenters. The SMILES string of the molecule is N#C[C@H](OP(=O)(O)O)C1=C(O)C[C@H](n2cc(F)c(=O)[nH]c2=O)O1. The molecule has 0 fully saturated rings. The number of hydrogen-bond acceptors (Lipinski definition) is 7. The third-order valence-corrected chi connectivity index (χ3v) is 3.23. The molecule has 11 nitrogen and oxygen atoms in total. The first-order chi connectivity index (χ1) is 10.6. The highest BCUT2D eigenvalue weighted by Crippen LogP contribution is 2.42. The van der Waals surface area contributed by atoms with Crippen LogP contribution in [-0.2, 0) is 13.8 Å². The minimum absolute atomic E-state index is 0.413. The van der Waals surface area contributed by atoms with Crippen LogP contribution in [0, 0.1) is 17.1 Å². The smallest absolute Gasteiger partial charge is 0.471 e. The van der Waals surface area contributed by atoms with Gasteiger partial charge in [0.2, 0.25) is 11.9 Å². The van der Waals surface area contributed by atoms with Gasteiger partial charge in [-0.1, -0.05) is 0 Å². The molecule has 13 heteroatoms. The van der Waals surface area contributed by atoms with Crippen LogP contribution in [0.1, 0.15) is 12.6 Å². The predicted molar refractivity (Wildman–Crippen MR) is 68.2 cm³/mol. The van der Waals surface area contributed by atoms with E-state index in [-0.39, 0.29) is 0 Å². The Morgan fingerprint density at radius 2 is 2.22 bits per heavy atom. The van der Waals surface area contributed by atoms with Crippen LogP contribution in [0.25, 0.3) is 0 Å². The summed E-state index contributed by atoms with van der Waals surface area (Å²) in [6.07, 6.45) is -3.15. The van der Waals surface area contributed by atoms with E-state index in [2.05, 4.69) is 4.52 Å². The molecule has 0 radical (unpaired) electrons. The minimum Gasteiger partial charge on any atom is -0.508 e. The third-order valence-electron chi connectivity index (χ3n) is 2.75. The maximum absolute atomic E-state index is 13.2. The molecule has 4 N–H and O–H groups in total. The Morgan fingerprint density at radius 3 is 2.78 bits per heavy atom. The van der Waals surface area contributed by atoms with Gasteiger partial charge in [0.05, 0.1) is 12.6 Å². The number of aromatic nitrogens is 2. The van der Waals surface area contributed by atoms with E-state index in [9.17, 15) is 23.7 Å². The van der Waals surface area contributed by atoms with E-state index < -0.39 is 55.2 Å². The molecule has 2 heterocycles. The number of aliphatic hydroxyl groups is 1. The molecule has 124 valence electrons. The quantitative estimate of drug-likeness (QED) is 0.515. The summed E-state index contributed by atoms with van der Waals surface area (Å²) < 4.78 is 33.8. The van der Waals surface area contributed by atoms with Gasteiger partial charge in [-0.3, -0.25) is 18.9 Å². The molecule has 2 atom stereocenters. The highest BCUT2D eigenvalue weighted by atomic mass is 31.2. The van der Waals surface area contributed by atoms with Crippen LogP contribution in [0.4, 0.5) is 4.39 Å². The van der Waals surface area contributed by atoms with Crippen LogP contribution in [0.15, 0.2) is 27.3 Å². The molecule has 0 amide bonds. The summed E-state index contributed by atoms with van der Waals surface area (Å²) in [5.74, 6) is -2.53. The van der Waals surface area contributed by atoms with Gasteiger partial charge in [-0.25, -0.2) is 9.36 Å². The van der Waals surface area contributed by atoms with Gasteiger partial charge in [0.1, 0.15) is 11.8 Å². The van der Waals surface area contributed by atoms with E-state index >= 15 is 0 Å². The molecule has 1 aliphatic rings. The first-order valence-electron chi connectivity index (χ1n) is 5.85. The van der Waals surface area contributed by atoms with Crippen molar-refractivity contribution < 1.29 is 33.1 Å². The van der Waals surface area contributed by atoms with Crippen molar-refractivity contribution >= 4 is 7.82 Å². The van der Waals surface area contributed by atoms with Crippen LogP contribution in [0.3, 0.4) is 0 Å². The second-order valence-corrected chi connectivity index (χ2v) is 5.53. The lowest BCUT2D eigenvalue weighted by Gasteiger charge is -2.17. The van der Waals surface area contributed by atoms with Gasteiger partial charge >= 0.3 is 13.5 Å². The fourth-order valence-corrected chi connectivity index (χ4v) is 2.25. The second kappa shape index (κ2) is 5.98. The first-order valence-corrected chi connectivity index (χ1v) is 7.38. The lowest BCUT2D eigenvalue weighted by Crippen LogP contribution is -2.34. The normalized spacial score (nSPS) is 19.3. The summed E-state index contributed by atoms with van der Waals surface area (Å²) in [7, 11) is -5.06. The molecule has 2 rings (SSSR count). The van der Waals surface area contributed by atoms with Crippen LogP contribution in [0.2, 0.25) is 0 Å². The van der Waals surface area contributed by atoms with Crippen molar-refractivity contribution in [3.63, 3.8) is 0 Å². The highest BCUT2D eigenvalue weighted by Gasteiger charge is 2.36. The van der Waals surface area contributed by atoms with E-state index in [1.165, 1.54) is 6.07 Å². The van der Waals surface area contributed by atoms with Gasteiger partial charge < -0.3 is 19.6 Å². The third kappa shape index (κ3) is 3.66. The summed E-state index contributed by atoms with van der Waals surface area (Å²) in [5.41, 5.74) is -2.29. The largest absolute Gasteiger partial charge is 0.508 e. The summed E-state index contributed by atoms with van der Waals surface area (Å²) in [6, 6.07) is 1.36. The van der Waals surface area contributed by atoms with E-state index in [4.69, 9.17) is 19.8 Å². The topological polar surface area (TPSA) is 175 Å². The van der Waals surface area contributed by atoms with Crippen molar-refractivity contribution in [3.8, 4) is 6.07 Å². The van der Waals surface area contributed by atoms with Gasteiger partial charge in [-0.05, 0) is 0 Å².